The van der Waals surface area contributed by atoms with E-state index in [4.69, 9.17) is 4.74 Å². The lowest BCUT2D eigenvalue weighted by molar-refractivity contribution is 0.300. The predicted molar refractivity (Wildman–Crippen MR) is 98.4 cm³/mol. The fourth-order valence-electron chi connectivity index (χ4n) is 3.41. The molecule has 1 N–H and O–H groups in total. The molecule has 5 heteroatoms. The van der Waals surface area contributed by atoms with E-state index >= 15 is 0 Å². The van der Waals surface area contributed by atoms with Crippen LogP contribution in [0.2, 0.25) is 0 Å². The highest BCUT2D eigenvalue weighted by Crippen LogP contribution is 2.27. The number of benzene rings is 2. The molecule has 0 aliphatic carbocycles. The zero-order valence-electron chi connectivity index (χ0n) is 14.6. The molecule has 2 aromatic carbocycles. The molecule has 4 rings (SSSR count). The van der Waals surface area contributed by atoms with Crippen LogP contribution in [0.5, 0.6) is 5.75 Å². The molecule has 1 aromatic heterocycles. The van der Waals surface area contributed by atoms with Crippen molar-refractivity contribution in [3.63, 3.8) is 0 Å². The van der Waals surface area contributed by atoms with Crippen molar-refractivity contribution in [2.45, 2.75) is 25.5 Å². The fraction of sp³-hybridized carbons (Fsp3) is 0.286. The molecule has 0 saturated carbocycles. The Hall–Kier alpha value is -2.66. The molecule has 1 atom stereocenters. The number of aromatic amines is 1. The molecular weight excluding hydrogens is 329 g/mol. The predicted octanol–water partition coefficient (Wildman–Crippen LogP) is 4.12. The smallest absolute Gasteiger partial charge is 0.130 e. The third kappa shape index (κ3) is 4.11. The lowest BCUT2D eigenvalue weighted by atomic mass is 10.1. The highest BCUT2D eigenvalue weighted by molar-refractivity contribution is 5.23. The monoisotopic (exact) mass is 351 g/mol. The van der Waals surface area contributed by atoms with E-state index in [1.165, 1.54) is 17.7 Å². The van der Waals surface area contributed by atoms with Crippen molar-refractivity contribution in [1.29, 1.82) is 0 Å². The third-order valence-corrected chi connectivity index (χ3v) is 4.80. The summed E-state index contributed by atoms with van der Waals surface area (Å²) in [6, 6.07) is 18.7. The maximum Gasteiger partial charge on any atom is 0.130 e. The molecule has 134 valence electrons. The van der Waals surface area contributed by atoms with Gasteiger partial charge in [0.15, 0.2) is 0 Å². The van der Waals surface area contributed by atoms with Gasteiger partial charge in [0.25, 0.3) is 0 Å². The average molecular weight is 351 g/mol. The van der Waals surface area contributed by atoms with Crippen LogP contribution in [0.15, 0.2) is 60.7 Å². The Labute approximate surface area is 152 Å². The van der Waals surface area contributed by atoms with Gasteiger partial charge < -0.3 is 4.74 Å². The number of hydrogen-bond acceptors (Lipinski definition) is 3. The second kappa shape index (κ2) is 7.70. The average Bonchev–Trinajstić information content (AvgIpc) is 3.31. The molecule has 1 aliphatic heterocycles. The number of aromatic nitrogens is 2. The molecule has 0 spiro atoms. The second-order valence-electron chi connectivity index (χ2n) is 6.77. The molecule has 1 saturated heterocycles. The van der Waals surface area contributed by atoms with Crippen molar-refractivity contribution in [2.75, 3.05) is 13.1 Å². The summed E-state index contributed by atoms with van der Waals surface area (Å²) in [5.74, 6) is 0.842. The maximum atomic E-state index is 12.9. The highest BCUT2D eigenvalue weighted by Gasteiger charge is 2.25. The number of likely N-dealkylation sites (tertiary alicyclic amines) is 1. The lowest BCUT2D eigenvalue weighted by Crippen LogP contribution is -2.19. The first-order chi connectivity index (χ1) is 12.8. The summed E-state index contributed by atoms with van der Waals surface area (Å²) in [5.41, 5.74) is 3.38. The number of nitrogens with zero attached hydrogens (tertiary/aromatic N) is 2. The van der Waals surface area contributed by atoms with Crippen LogP contribution in [0.4, 0.5) is 4.39 Å². The quantitative estimate of drug-likeness (QED) is 0.726. The minimum Gasteiger partial charge on any atom is -0.487 e. The Kier molecular flexibility index (Phi) is 4.97. The summed E-state index contributed by atoms with van der Waals surface area (Å²) >= 11 is 0. The summed E-state index contributed by atoms with van der Waals surface area (Å²) in [7, 11) is 0. The van der Waals surface area contributed by atoms with Crippen LogP contribution in [-0.4, -0.2) is 28.2 Å². The summed E-state index contributed by atoms with van der Waals surface area (Å²) < 4.78 is 18.6. The number of hydrogen-bond donors (Lipinski definition) is 1. The van der Waals surface area contributed by atoms with Gasteiger partial charge in [0.05, 0.1) is 11.4 Å². The van der Waals surface area contributed by atoms with Gasteiger partial charge in [0.2, 0.25) is 0 Å². The normalized spacial score (nSPS) is 17.5. The Morgan fingerprint density at radius 2 is 1.92 bits per heavy atom. The zero-order chi connectivity index (χ0) is 17.8. The minimum absolute atomic E-state index is 0.262. The summed E-state index contributed by atoms with van der Waals surface area (Å²) in [6.45, 7) is 3.51. The van der Waals surface area contributed by atoms with Crippen LogP contribution in [0, 0.1) is 5.82 Å². The van der Waals surface area contributed by atoms with E-state index in [9.17, 15) is 4.39 Å². The van der Waals surface area contributed by atoms with Crippen molar-refractivity contribution in [1.82, 2.24) is 15.1 Å². The Morgan fingerprint density at radius 1 is 1.12 bits per heavy atom. The number of nitrogens with one attached hydrogen (secondary N) is 1. The van der Waals surface area contributed by atoms with Crippen LogP contribution >= 0.6 is 0 Å². The van der Waals surface area contributed by atoms with E-state index in [0.29, 0.717) is 18.3 Å². The van der Waals surface area contributed by atoms with Crippen molar-refractivity contribution in [2.24, 2.45) is 0 Å². The molecule has 2 heterocycles. The van der Waals surface area contributed by atoms with Gasteiger partial charge in [-0.15, -0.1) is 0 Å². The maximum absolute atomic E-state index is 12.9. The molecule has 0 radical (unpaired) electrons. The van der Waals surface area contributed by atoms with E-state index in [1.807, 2.05) is 0 Å². The zero-order valence-corrected chi connectivity index (χ0v) is 14.6. The number of rotatable bonds is 6. The van der Waals surface area contributed by atoms with E-state index in [0.717, 1.165) is 37.4 Å². The van der Waals surface area contributed by atoms with Crippen LogP contribution in [0.3, 0.4) is 0 Å². The van der Waals surface area contributed by atoms with Gasteiger partial charge in [-0.05, 0) is 48.9 Å². The van der Waals surface area contributed by atoms with E-state index in [1.54, 1.807) is 12.1 Å². The highest BCUT2D eigenvalue weighted by atomic mass is 19.1. The van der Waals surface area contributed by atoms with Crippen molar-refractivity contribution >= 4 is 0 Å². The Balaban J connectivity index is 1.31. The van der Waals surface area contributed by atoms with Crippen LogP contribution in [0.25, 0.3) is 0 Å². The Morgan fingerprint density at radius 3 is 2.73 bits per heavy atom. The number of ether oxygens (including phenoxy) is 1. The molecule has 1 unspecified atom stereocenters. The first-order valence-corrected chi connectivity index (χ1v) is 8.95. The molecule has 0 amide bonds. The van der Waals surface area contributed by atoms with Gasteiger partial charge in [-0.3, -0.25) is 10.00 Å². The van der Waals surface area contributed by atoms with Crippen molar-refractivity contribution in [3.8, 4) is 5.75 Å². The first-order valence-electron chi connectivity index (χ1n) is 8.95. The Bertz CT molecular complexity index is 832. The van der Waals surface area contributed by atoms with E-state index in [-0.39, 0.29) is 5.82 Å². The van der Waals surface area contributed by atoms with Gasteiger partial charge in [-0.1, -0.05) is 30.3 Å². The van der Waals surface area contributed by atoms with E-state index < -0.39 is 0 Å². The van der Waals surface area contributed by atoms with Gasteiger partial charge in [-0.25, -0.2) is 4.39 Å². The van der Waals surface area contributed by atoms with Crippen molar-refractivity contribution in [3.05, 3.63) is 83.4 Å². The minimum atomic E-state index is -0.262. The molecule has 0 bridgehead atoms. The van der Waals surface area contributed by atoms with Gasteiger partial charge in [0, 0.05) is 19.0 Å². The summed E-state index contributed by atoms with van der Waals surface area (Å²) in [6.07, 6.45) is 1.12. The number of H-pyrrole nitrogens is 1. The standard InChI is InChI=1S/C21H22FN3O/c22-18-6-8-20(9-7-18)26-15-19-12-21(24-23-19)17-10-11-25(14-17)13-16-4-2-1-3-5-16/h1-9,12,17H,10-11,13-15H2,(H,23,24). The molecular formula is C21H22FN3O. The first kappa shape index (κ1) is 16.8. The summed E-state index contributed by atoms with van der Waals surface area (Å²) in [5, 5.41) is 7.54. The largest absolute Gasteiger partial charge is 0.487 e. The molecule has 26 heavy (non-hydrogen) atoms. The molecule has 1 aliphatic rings. The van der Waals surface area contributed by atoms with Gasteiger partial charge in [0.1, 0.15) is 18.2 Å². The van der Waals surface area contributed by atoms with E-state index in [2.05, 4.69) is 51.5 Å². The number of halogens is 1. The molecule has 4 nitrogen and oxygen atoms in total. The van der Waals surface area contributed by atoms with Crippen molar-refractivity contribution < 1.29 is 9.13 Å². The fourth-order valence-corrected chi connectivity index (χ4v) is 3.41. The van der Waals surface area contributed by atoms with Gasteiger partial charge >= 0.3 is 0 Å². The topological polar surface area (TPSA) is 41.1 Å². The van der Waals surface area contributed by atoms with Crippen LogP contribution in [-0.2, 0) is 13.2 Å². The second-order valence-corrected chi connectivity index (χ2v) is 6.77. The summed E-state index contributed by atoms with van der Waals surface area (Å²) in [4.78, 5) is 2.48. The van der Waals surface area contributed by atoms with Crippen LogP contribution < -0.4 is 4.74 Å². The van der Waals surface area contributed by atoms with Gasteiger partial charge in [-0.2, -0.15) is 5.10 Å². The van der Waals surface area contributed by atoms with Crippen LogP contribution in [0.1, 0.15) is 29.3 Å². The SMILES string of the molecule is Fc1ccc(OCc2cc(C3CCN(Cc4ccccc4)C3)n[nH]2)cc1. The molecule has 3 aromatic rings. The lowest BCUT2D eigenvalue weighted by Gasteiger charge is -2.15. The molecule has 1 fully saturated rings. The third-order valence-electron chi connectivity index (χ3n) is 4.80.